The number of alkyl halides is 3. The second kappa shape index (κ2) is 5.43. The van der Waals surface area contributed by atoms with Crippen LogP contribution >= 0.6 is 0 Å². The zero-order valence-electron chi connectivity index (χ0n) is 10.4. The van der Waals surface area contributed by atoms with Crippen molar-refractivity contribution in [2.24, 2.45) is 5.92 Å². The molecule has 0 aromatic heterocycles. The highest BCUT2D eigenvalue weighted by Gasteiger charge is 2.30. The average Bonchev–Trinajstić information content (AvgIpc) is 2.26. The van der Waals surface area contributed by atoms with Gasteiger partial charge in [-0.2, -0.15) is 13.2 Å². The number of hydrogen-bond donors (Lipinski definition) is 1. The predicted octanol–water partition coefficient (Wildman–Crippen LogP) is 4.47. The molecule has 0 amide bonds. The van der Waals surface area contributed by atoms with E-state index in [0.717, 1.165) is 18.1 Å². The Morgan fingerprint density at radius 1 is 1.29 bits per heavy atom. The lowest BCUT2D eigenvalue weighted by Crippen LogP contribution is -2.12. The zero-order valence-corrected chi connectivity index (χ0v) is 10.4. The molecule has 0 aliphatic rings. The molecular formula is C13H18F3N. The van der Waals surface area contributed by atoms with E-state index in [1.54, 1.807) is 6.92 Å². The summed E-state index contributed by atoms with van der Waals surface area (Å²) >= 11 is 0. The maximum absolute atomic E-state index is 12.5. The molecule has 1 aromatic carbocycles. The molecule has 0 bridgehead atoms. The first-order valence-corrected chi connectivity index (χ1v) is 5.76. The summed E-state index contributed by atoms with van der Waals surface area (Å²) < 4.78 is 37.6. The molecule has 0 heterocycles. The second-order valence-electron chi connectivity index (χ2n) is 4.42. The Bertz CT molecular complexity index is 371. The van der Waals surface area contributed by atoms with Crippen LogP contribution in [0.15, 0.2) is 18.2 Å². The van der Waals surface area contributed by atoms with Crippen molar-refractivity contribution in [2.75, 3.05) is 11.9 Å². The van der Waals surface area contributed by atoms with Gasteiger partial charge in [0.1, 0.15) is 0 Å². The van der Waals surface area contributed by atoms with Gasteiger partial charge < -0.3 is 5.32 Å². The number of halogens is 3. The van der Waals surface area contributed by atoms with Gasteiger partial charge in [0.2, 0.25) is 0 Å². The number of rotatable bonds is 4. The lowest BCUT2D eigenvalue weighted by molar-refractivity contribution is -0.137. The van der Waals surface area contributed by atoms with Gasteiger partial charge in [-0.1, -0.05) is 26.3 Å². The molecule has 0 aliphatic heterocycles. The van der Waals surface area contributed by atoms with E-state index in [4.69, 9.17) is 0 Å². The number of hydrogen-bond acceptors (Lipinski definition) is 1. The third kappa shape index (κ3) is 3.95. The molecule has 0 saturated carbocycles. The van der Waals surface area contributed by atoms with E-state index in [1.807, 2.05) is 0 Å². The number of nitrogens with one attached hydrogen (secondary N) is 1. The van der Waals surface area contributed by atoms with Crippen molar-refractivity contribution in [3.63, 3.8) is 0 Å². The maximum Gasteiger partial charge on any atom is 0.416 e. The van der Waals surface area contributed by atoms with Crippen molar-refractivity contribution in [2.45, 2.75) is 33.4 Å². The molecule has 1 rings (SSSR count). The van der Waals surface area contributed by atoms with Crippen molar-refractivity contribution in [1.29, 1.82) is 0 Å². The van der Waals surface area contributed by atoms with E-state index in [2.05, 4.69) is 19.2 Å². The third-order valence-corrected chi connectivity index (χ3v) is 2.90. The van der Waals surface area contributed by atoms with Crippen LogP contribution in [0.3, 0.4) is 0 Å². The molecule has 1 atom stereocenters. The molecule has 0 aliphatic carbocycles. The second-order valence-corrected chi connectivity index (χ2v) is 4.42. The summed E-state index contributed by atoms with van der Waals surface area (Å²) in [6.45, 7) is 6.62. The molecule has 0 spiro atoms. The minimum absolute atomic E-state index is 0.448. The Morgan fingerprint density at radius 2 is 1.94 bits per heavy atom. The fraction of sp³-hybridized carbons (Fsp3) is 0.538. The predicted molar refractivity (Wildman–Crippen MR) is 64.1 cm³/mol. The van der Waals surface area contributed by atoms with Crippen LogP contribution in [0, 0.1) is 12.8 Å². The minimum Gasteiger partial charge on any atom is -0.385 e. The molecule has 4 heteroatoms. The number of anilines is 1. The minimum atomic E-state index is -4.28. The lowest BCUT2D eigenvalue weighted by Gasteiger charge is -2.15. The van der Waals surface area contributed by atoms with E-state index in [9.17, 15) is 13.2 Å². The first-order valence-electron chi connectivity index (χ1n) is 5.76. The van der Waals surface area contributed by atoms with Crippen molar-refractivity contribution in [3.05, 3.63) is 29.3 Å². The topological polar surface area (TPSA) is 12.0 Å². The smallest absolute Gasteiger partial charge is 0.385 e. The monoisotopic (exact) mass is 245 g/mol. The Morgan fingerprint density at radius 3 is 2.47 bits per heavy atom. The first kappa shape index (κ1) is 13.9. The van der Waals surface area contributed by atoms with Gasteiger partial charge in [0.05, 0.1) is 5.56 Å². The van der Waals surface area contributed by atoms with Crippen LogP contribution in [-0.2, 0) is 6.18 Å². The number of benzene rings is 1. The van der Waals surface area contributed by atoms with Gasteiger partial charge in [-0.3, -0.25) is 0 Å². The summed E-state index contributed by atoms with van der Waals surface area (Å²) in [5, 5.41) is 3.08. The Kier molecular flexibility index (Phi) is 4.43. The normalized spacial score (nSPS) is 13.5. The molecule has 0 fully saturated rings. The van der Waals surface area contributed by atoms with Gasteiger partial charge in [-0.15, -0.1) is 0 Å². The fourth-order valence-electron chi connectivity index (χ4n) is 1.42. The highest BCUT2D eigenvalue weighted by molar-refractivity contribution is 5.53. The SMILES string of the molecule is CCC(C)CNc1cc(C(F)(F)F)ccc1C. The molecule has 1 unspecified atom stereocenters. The number of aryl methyl sites for hydroxylation is 1. The highest BCUT2D eigenvalue weighted by Crippen LogP contribution is 2.32. The van der Waals surface area contributed by atoms with Gasteiger partial charge in [0.25, 0.3) is 0 Å². The Labute approximate surface area is 100 Å². The van der Waals surface area contributed by atoms with Crippen LogP contribution in [-0.4, -0.2) is 6.54 Å². The molecule has 0 radical (unpaired) electrons. The van der Waals surface area contributed by atoms with Gasteiger partial charge in [-0.05, 0) is 30.5 Å². The van der Waals surface area contributed by atoms with Crippen LogP contribution in [0.4, 0.5) is 18.9 Å². The van der Waals surface area contributed by atoms with E-state index in [0.29, 0.717) is 18.2 Å². The van der Waals surface area contributed by atoms with Gasteiger partial charge in [-0.25, -0.2) is 0 Å². The van der Waals surface area contributed by atoms with Gasteiger partial charge in [0, 0.05) is 12.2 Å². The largest absolute Gasteiger partial charge is 0.416 e. The summed E-state index contributed by atoms with van der Waals surface area (Å²) in [5.74, 6) is 0.448. The van der Waals surface area contributed by atoms with E-state index < -0.39 is 11.7 Å². The van der Waals surface area contributed by atoms with Crippen molar-refractivity contribution in [1.82, 2.24) is 0 Å². The van der Waals surface area contributed by atoms with Crippen LogP contribution in [0.25, 0.3) is 0 Å². The standard InChI is InChI=1S/C13H18F3N/c1-4-9(2)8-17-12-7-11(13(14,15)16)6-5-10(12)3/h5-7,9,17H,4,8H2,1-3H3. The molecule has 96 valence electrons. The van der Waals surface area contributed by atoms with Gasteiger partial charge in [0.15, 0.2) is 0 Å². The van der Waals surface area contributed by atoms with Crippen LogP contribution in [0.2, 0.25) is 0 Å². The average molecular weight is 245 g/mol. The van der Waals surface area contributed by atoms with E-state index >= 15 is 0 Å². The molecule has 1 N–H and O–H groups in total. The molecule has 1 nitrogen and oxygen atoms in total. The van der Waals surface area contributed by atoms with E-state index in [1.165, 1.54) is 12.1 Å². The van der Waals surface area contributed by atoms with Crippen molar-refractivity contribution >= 4 is 5.69 Å². The van der Waals surface area contributed by atoms with Crippen molar-refractivity contribution in [3.8, 4) is 0 Å². The summed E-state index contributed by atoms with van der Waals surface area (Å²) in [6.07, 6.45) is -3.27. The quantitative estimate of drug-likeness (QED) is 0.825. The third-order valence-electron chi connectivity index (χ3n) is 2.90. The fourth-order valence-corrected chi connectivity index (χ4v) is 1.42. The van der Waals surface area contributed by atoms with Crippen molar-refractivity contribution < 1.29 is 13.2 Å². The van der Waals surface area contributed by atoms with Crippen LogP contribution in [0.1, 0.15) is 31.4 Å². The van der Waals surface area contributed by atoms with Crippen LogP contribution in [0.5, 0.6) is 0 Å². The first-order chi connectivity index (χ1) is 7.84. The highest BCUT2D eigenvalue weighted by atomic mass is 19.4. The Hall–Kier alpha value is -1.19. The van der Waals surface area contributed by atoms with Gasteiger partial charge >= 0.3 is 6.18 Å². The molecule has 1 aromatic rings. The summed E-state index contributed by atoms with van der Waals surface area (Å²) in [4.78, 5) is 0. The summed E-state index contributed by atoms with van der Waals surface area (Å²) in [7, 11) is 0. The molecular weight excluding hydrogens is 227 g/mol. The zero-order chi connectivity index (χ0) is 13.1. The lowest BCUT2D eigenvalue weighted by atomic mass is 10.1. The summed E-state index contributed by atoms with van der Waals surface area (Å²) in [6, 6.07) is 3.79. The maximum atomic E-state index is 12.5. The Balaban J connectivity index is 2.84. The molecule has 17 heavy (non-hydrogen) atoms. The summed E-state index contributed by atoms with van der Waals surface area (Å²) in [5.41, 5.74) is 0.802. The van der Waals surface area contributed by atoms with Crippen LogP contribution < -0.4 is 5.32 Å². The molecule has 0 saturated heterocycles. The van der Waals surface area contributed by atoms with E-state index in [-0.39, 0.29) is 0 Å².